The molecule has 4 rings (SSSR count). The van der Waals surface area contributed by atoms with Gasteiger partial charge in [-0.25, -0.2) is 0 Å². The summed E-state index contributed by atoms with van der Waals surface area (Å²) in [6.07, 6.45) is 0.812. The number of rotatable bonds is 1. The molecule has 3 aliphatic rings. The molecule has 2 fully saturated rings. The Kier molecular flexibility index (Phi) is 2.78. The molecule has 3 aliphatic heterocycles. The van der Waals surface area contributed by atoms with E-state index < -0.39 is 5.41 Å². The first kappa shape index (κ1) is 14.2. The van der Waals surface area contributed by atoms with E-state index in [1.807, 2.05) is 13.8 Å². The highest BCUT2D eigenvalue weighted by Crippen LogP contribution is 2.46. The smallest absolute Gasteiger partial charge is 0.236 e. The number of aryl methyl sites for hydroxylation is 1. The summed E-state index contributed by atoms with van der Waals surface area (Å²) in [7, 11) is 0. The first-order valence-corrected chi connectivity index (χ1v) is 8.14. The fourth-order valence-corrected chi connectivity index (χ4v) is 4.52. The molecular formula is C16H24N4O2. The summed E-state index contributed by atoms with van der Waals surface area (Å²) in [6.45, 7) is 11.6. The van der Waals surface area contributed by atoms with Crippen molar-refractivity contribution in [3.8, 4) is 0 Å². The minimum atomic E-state index is -0.547. The van der Waals surface area contributed by atoms with E-state index >= 15 is 0 Å². The molecule has 1 aromatic rings. The fraction of sp³-hybridized carbons (Fsp3) is 0.812. The predicted molar refractivity (Wildman–Crippen MR) is 80.3 cm³/mol. The van der Waals surface area contributed by atoms with E-state index in [1.54, 1.807) is 0 Å². The number of hydrogen-bond donors (Lipinski definition) is 0. The molecule has 3 atom stereocenters. The number of ether oxygens (including phenoxy) is 1. The van der Waals surface area contributed by atoms with Gasteiger partial charge in [0.15, 0.2) is 0 Å². The van der Waals surface area contributed by atoms with Crippen LogP contribution in [0.3, 0.4) is 0 Å². The first-order valence-electron chi connectivity index (χ1n) is 8.14. The van der Waals surface area contributed by atoms with Crippen molar-refractivity contribution in [2.75, 3.05) is 19.8 Å². The zero-order valence-corrected chi connectivity index (χ0v) is 13.8. The Bertz CT molecular complexity index is 638. The minimum Gasteiger partial charge on any atom is -0.379 e. The van der Waals surface area contributed by atoms with Crippen LogP contribution in [0.4, 0.5) is 0 Å². The molecule has 0 bridgehead atoms. The van der Waals surface area contributed by atoms with Gasteiger partial charge in [0.2, 0.25) is 5.91 Å². The van der Waals surface area contributed by atoms with Gasteiger partial charge in [0, 0.05) is 19.0 Å². The largest absolute Gasteiger partial charge is 0.379 e. The summed E-state index contributed by atoms with van der Waals surface area (Å²) >= 11 is 0. The molecule has 2 saturated heterocycles. The summed E-state index contributed by atoms with van der Waals surface area (Å²) in [5, 5.41) is 8.45. The zero-order chi connectivity index (χ0) is 15.7. The molecule has 0 spiro atoms. The third-order valence-corrected chi connectivity index (χ3v) is 6.03. The van der Waals surface area contributed by atoms with Gasteiger partial charge in [0.25, 0.3) is 0 Å². The third kappa shape index (κ3) is 1.67. The van der Waals surface area contributed by atoms with E-state index in [-0.39, 0.29) is 17.4 Å². The summed E-state index contributed by atoms with van der Waals surface area (Å²) in [6, 6.07) is 0.220. The number of hydrogen-bond acceptors (Lipinski definition) is 4. The van der Waals surface area contributed by atoms with Crippen LogP contribution in [0, 0.1) is 18.3 Å². The lowest BCUT2D eigenvalue weighted by molar-refractivity contribution is -0.138. The Hall–Kier alpha value is -1.43. The van der Waals surface area contributed by atoms with Crippen LogP contribution in [-0.4, -0.2) is 51.4 Å². The second-order valence-electron chi connectivity index (χ2n) is 7.94. The Morgan fingerprint density at radius 2 is 2.05 bits per heavy atom. The van der Waals surface area contributed by atoms with E-state index in [2.05, 4.69) is 33.5 Å². The Morgan fingerprint density at radius 3 is 2.82 bits per heavy atom. The highest BCUT2D eigenvalue weighted by Gasteiger charge is 2.56. The molecule has 4 heterocycles. The molecule has 0 saturated carbocycles. The lowest BCUT2D eigenvalue weighted by Crippen LogP contribution is -2.48. The van der Waals surface area contributed by atoms with Gasteiger partial charge in [-0.15, -0.1) is 10.2 Å². The summed E-state index contributed by atoms with van der Waals surface area (Å²) in [4.78, 5) is 15.4. The second kappa shape index (κ2) is 4.31. The van der Waals surface area contributed by atoms with E-state index in [0.717, 1.165) is 37.8 Å². The molecule has 0 N–H and O–H groups in total. The average Bonchev–Trinajstić information content (AvgIpc) is 3.17. The topological polar surface area (TPSA) is 60.2 Å². The standard InChI is InChI=1S/C16H24N4O2/c1-10-17-18-13-16(4,5-6-19(10)13)14(21)20-9-15(2,3)11-7-22-8-12(11)20/h11-12H,5-9H2,1-4H3/t11-,12+,16?/m1/s1. The average molecular weight is 304 g/mol. The highest BCUT2D eigenvalue weighted by molar-refractivity contribution is 5.88. The SMILES string of the molecule is Cc1nnc2n1CCC2(C)C(=O)N1CC(C)(C)[C@@H]2COC[C@@H]21. The number of aromatic nitrogens is 3. The van der Waals surface area contributed by atoms with Gasteiger partial charge in [-0.2, -0.15) is 0 Å². The molecule has 0 aliphatic carbocycles. The number of carbonyl (C=O) groups excluding carboxylic acids is 1. The molecule has 1 unspecified atom stereocenters. The van der Waals surface area contributed by atoms with Gasteiger partial charge in [0.1, 0.15) is 17.1 Å². The maximum atomic E-state index is 13.4. The molecule has 1 aromatic heterocycles. The van der Waals surface area contributed by atoms with Crippen molar-refractivity contribution in [2.24, 2.45) is 11.3 Å². The number of fused-ring (bicyclic) bond motifs is 2. The molecule has 0 radical (unpaired) electrons. The van der Waals surface area contributed by atoms with Crippen molar-refractivity contribution in [1.82, 2.24) is 19.7 Å². The van der Waals surface area contributed by atoms with Crippen molar-refractivity contribution in [3.05, 3.63) is 11.6 Å². The molecule has 0 aromatic carbocycles. The number of amides is 1. The van der Waals surface area contributed by atoms with Gasteiger partial charge in [-0.1, -0.05) is 13.8 Å². The van der Waals surface area contributed by atoms with E-state index in [0.29, 0.717) is 12.5 Å². The number of likely N-dealkylation sites (tertiary alicyclic amines) is 1. The van der Waals surface area contributed by atoms with Crippen LogP contribution in [0.2, 0.25) is 0 Å². The third-order valence-electron chi connectivity index (χ3n) is 6.03. The Labute approximate surface area is 130 Å². The summed E-state index contributed by atoms with van der Waals surface area (Å²) in [5.74, 6) is 2.37. The van der Waals surface area contributed by atoms with Crippen molar-refractivity contribution in [3.63, 3.8) is 0 Å². The second-order valence-corrected chi connectivity index (χ2v) is 7.94. The van der Waals surface area contributed by atoms with Crippen LogP contribution in [0.1, 0.15) is 38.8 Å². The van der Waals surface area contributed by atoms with Gasteiger partial charge in [0.05, 0.1) is 19.3 Å². The monoisotopic (exact) mass is 304 g/mol. The molecule has 1 amide bonds. The van der Waals surface area contributed by atoms with Crippen LogP contribution in [0.5, 0.6) is 0 Å². The maximum Gasteiger partial charge on any atom is 0.236 e. The molecule has 22 heavy (non-hydrogen) atoms. The van der Waals surface area contributed by atoms with Crippen LogP contribution in [0.25, 0.3) is 0 Å². The zero-order valence-electron chi connectivity index (χ0n) is 13.8. The Balaban J connectivity index is 1.68. The van der Waals surface area contributed by atoms with E-state index in [9.17, 15) is 4.79 Å². The minimum absolute atomic E-state index is 0.120. The van der Waals surface area contributed by atoms with Crippen LogP contribution in [0.15, 0.2) is 0 Å². The van der Waals surface area contributed by atoms with Crippen LogP contribution < -0.4 is 0 Å². The molecule has 120 valence electrons. The van der Waals surface area contributed by atoms with Crippen molar-refractivity contribution < 1.29 is 9.53 Å². The van der Waals surface area contributed by atoms with Crippen molar-refractivity contribution in [1.29, 1.82) is 0 Å². The number of nitrogens with zero attached hydrogens (tertiary/aromatic N) is 4. The summed E-state index contributed by atoms with van der Waals surface area (Å²) in [5.41, 5.74) is -0.426. The summed E-state index contributed by atoms with van der Waals surface area (Å²) < 4.78 is 7.75. The molecule has 6 nitrogen and oxygen atoms in total. The molecule has 6 heteroatoms. The van der Waals surface area contributed by atoms with E-state index in [4.69, 9.17) is 4.74 Å². The predicted octanol–water partition coefficient (Wildman–Crippen LogP) is 1.13. The van der Waals surface area contributed by atoms with Gasteiger partial charge in [-0.3, -0.25) is 4.79 Å². The molecular weight excluding hydrogens is 280 g/mol. The van der Waals surface area contributed by atoms with Crippen LogP contribution in [-0.2, 0) is 21.5 Å². The van der Waals surface area contributed by atoms with Gasteiger partial charge < -0.3 is 14.2 Å². The van der Waals surface area contributed by atoms with Crippen molar-refractivity contribution >= 4 is 5.91 Å². The maximum absolute atomic E-state index is 13.4. The lowest BCUT2D eigenvalue weighted by atomic mass is 9.80. The van der Waals surface area contributed by atoms with Crippen LogP contribution >= 0.6 is 0 Å². The number of carbonyl (C=O) groups is 1. The van der Waals surface area contributed by atoms with Gasteiger partial charge in [-0.05, 0) is 25.7 Å². The normalized spacial score (nSPS) is 35.7. The Morgan fingerprint density at radius 1 is 1.27 bits per heavy atom. The van der Waals surface area contributed by atoms with Gasteiger partial charge >= 0.3 is 0 Å². The van der Waals surface area contributed by atoms with E-state index in [1.165, 1.54) is 0 Å². The van der Waals surface area contributed by atoms with Crippen molar-refractivity contribution in [2.45, 2.75) is 52.1 Å². The lowest BCUT2D eigenvalue weighted by Gasteiger charge is -2.31. The quantitative estimate of drug-likeness (QED) is 0.780. The first-order chi connectivity index (χ1) is 10.3. The highest BCUT2D eigenvalue weighted by atomic mass is 16.5. The fourth-order valence-electron chi connectivity index (χ4n) is 4.52.